The number of para-hydroxylation sites is 3. The number of carboxylic acids is 3. The number of rotatable bonds is 54. The number of amides is 3. The molecule has 3 unspecified atom stereocenters. The molecule has 144 heavy (non-hydrogen) atoms. The standard InChI is InChI=1S/3C35H37N2O10P/c1-3-44-35(42)24(2)46-48(43,47-26-14-8-5-9-15-26)23-22-36-30(39)19-18-29(38)27-16-10-11-17-28(27)33-34(25-12-6-4-7-13-25)45-31(37-33)20-21-32(40)41;1-3-44-35(42)24(2)46-48(43,47-28-15-8-5-9-16-28)22-21-36-30(39)18-17-29(38)26-13-10-14-27(23-26)33-34(25-11-6-4-7-12-25)45-31(37-33)19-20-32(40)41;1-3-44-35(42)24(2)46-48(43,47-28-12-8-5-9-13-28)23-22-36-30(39)19-18-29(38)25-14-16-27(17-15-25)34-33(26-10-6-4-7-11-26)37-31(45-34)20-21-32(40)41/h4-17,24H,3,18-23H2,1-2H3,(H,36,39)(H,40,41);4-16,23-24H,3,17-22H2,1-2H3,(H,36,39)(H,40,41);4-17,24H,3,18-23H2,1-2H3,(H,36,39)(H,40,41)/t3*24-,48?/m111/s1. The average molecular weight is 2030 g/mol. The van der Waals surface area contributed by atoms with E-state index in [1.165, 1.54) is 20.8 Å². The summed E-state index contributed by atoms with van der Waals surface area (Å²) in [5.41, 5.74) is 6.47. The molecule has 0 saturated heterocycles. The molecular weight excluding hydrogens is 1920 g/mol. The number of ether oxygens (including phenoxy) is 3. The van der Waals surface area contributed by atoms with Gasteiger partial charge >= 0.3 is 58.6 Å². The summed E-state index contributed by atoms with van der Waals surface area (Å²) in [6.45, 7) is 9.22. The number of carbonyl (C=O) groups is 12. The molecule has 0 bridgehead atoms. The van der Waals surface area contributed by atoms with Gasteiger partial charge in [0.1, 0.15) is 34.3 Å². The van der Waals surface area contributed by atoms with Crippen LogP contribution in [-0.2, 0) is 104 Å². The molecule has 0 aliphatic carbocycles. The van der Waals surface area contributed by atoms with Gasteiger partial charge in [-0.25, -0.2) is 43.0 Å². The molecule has 0 aliphatic rings. The molecule has 756 valence electrons. The smallest absolute Gasteiger partial charge is 0.381 e. The van der Waals surface area contributed by atoms with Gasteiger partial charge in [-0.1, -0.05) is 212 Å². The first kappa shape index (κ1) is 111. The summed E-state index contributed by atoms with van der Waals surface area (Å²) in [5.74, 6) is -4.32. The van der Waals surface area contributed by atoms with E-state index in [1.807, 2.05) is 91.0 Å². The summed E-state index contributed by atoms with van der Waals surface area (Å²) in [5, 5.41) is 35.2. The van der Waals surface area contributed by atoms with E-state index in [2.05, 4.69) is 30.9 Å². The van der Waals surface area contributed by atoms with Crippen LogP contribution in [0.4, 0.5) is 0 Å². The van der Waals surface area contributed by atoms with E-state index < -0.39 is 94.6 Å². The zero-order chi connectivity index (χ0) is 104. The largest absolute Gasteiger partial charge is 0.481 e. The van der Waals surface area contributed by atoms with Crippen molar-refractivity contribution in [3.8, 4) is 85.0 Å². The van der Waals surface area contributed by atoms with Crippen molar-refractivity contribution in [2.75, 3.05) is 57.9 Å². The predicted octanol–water partition coefficient (Wildman–Crippen LogP) is 19.0. The minimum Gasteiger partial charge on any atom is -0.481 e. The van der Waals surface area contributed by atoms with E-state index in [4.69, 9.17) is 69.9 Å². The average Bonchev–Trinajstić information content (AvgIpc) is 1.63. The van der Waals surface area contributed by atoms with Crippen LogP contribution in [0.25, 0.3) is 67.7 Å². The fourth-order valence-electron chi connectivity index (χ4n) is 13.9. The number of benzene rings is 9. The Morgan fingerprint density at radius 3 is 0.979 bits per heavy atom. The molecule has 12 rings (SSSR count). The highest BCUT2D eigenvalue weighted by Gasteiger charge is 2.37. The fourth-order valence-corrected chi connectivity index (χ4v) is 18.8. The van der Waals surface area contributed by atoms with Gasteiger partial charge in [0.25, 0.3) is 0 Å². The van der Waals surface area contributed by atoms with Crippen LogP contribution < -0.4 is 29.5 Å². The Kier molecular flexibility index (Phi) is 43.0. The minimum absolute atomic E-state index is 0.0710. The summed E-state index contributed by atoms with van der Waals surface area (Å²) in [6, 6.07) is 72.9. The van der Waals surface area contributed by atoms with Crippen LogP contribution in [0.1, 0.15) is 148 Å². The third-order valence-electron chi connectivity index (χ3n) is 20.8. The van der Waals surface area contributed by atoms with Gasteiger partial charge in [-0.3, -0.25) is 56.7 Å². The summed E-state index contributed by atoms with van der Waals surface area (Å²) in [4.78, 5) is 161. The van der Waals surface area contributed by atoms with Crippen molar-refractivity contribution in [2.45, 2.75) is 137 Å². The van der Waals surface area contributed by atoms with Gasteiger partial charge in [0.15, 0.2) is 70.6 Å². The number of oxazole rings is 3. The van der Waals surface area contributed by atoms with Crippen molar-refractivity contribution >= 4 is 93.7 Å². The second-order valence-corrected chi connectivity index (χ2v) is 38.1. The second-order valence-electron chi connectivity index (χ2n) is 31.9. The number of ketones is 3. The number of aryl methyl sites for hydroxylation is 3. The first-order valence-electron chi connectivity index (χ1n) is 46.3. The molecular formula is C105H111N6O30P3. The number of carbonyl (C=O) groups excluding carboxylic acids is 9. The molecule has 0 spiro atoms. The molecule has 3 heterocycles. The zero-order valence-corrected chi connectivity index (χ0v) is 82.6. The van der Waals surface area contributed by atoms with Gasteiger partial charge in [0.2, 0.25) is 17.7 Å². The normalized spacial score (nSPS) is 12.8. The highest BCUT2D eigenvalue weighted by molar-refractivity contribution is 7.55. The van der Waals surface area contributed by atoms with Gasteiger partial charge < -0.3 is 72.3 Å². The van der Waals surface area contributed by atoms with Crippen LogP contribution in [0.15, 0.2) is 268 Å². The molecule has 36 nitrogen and oxygen atoms in total. The third kappa shape index (κ3) is 35.5. The maximum absolute atomic E-state index is 13.6. The maximum atomic E-state index is 13.6. The van der Waals surface area contributed by atoms with Crippen LogP contribution in [0.2, 0.25) is 0 Å². The molecule has 9 aromatic carbocycles. The summed E-state index contributed by atoms with van der Waals surface area (Å²) >= 11 is 0. The van der Waals surface area contributed by atoms with Crippen LogP contribution in [-0.4, -0.2) is 177 Å². The van der Waals surface area contributed by atoms with Crippen LogP contribution in [0.3, 0.4) is 0 Å². The maximum Gasteiger partial charge on any atom is 0.381 e. The molecule has 3 aromatic heterocycles. The molecule has 12 aromatic rings. The van der Waals surface area contributed by atoms with Gasteiger partial charge in [0, 0.05) is 127 Å². The quantitative estimate of drug-likeness (QED) is 0.00892. The van der Waals surface area contributed by atoms with Crippen molar-refractivity contribution in [2.24, 2.45) is 0 Å². The molecule has 0 aliphatic heterocycles. The first-order valence-corrected chi connectivity index (χ1v) is 51.5. The van der Waals surface area contributed by atoms with Crippen LogP contribution >= 0.6 is 22.8 Å². The Morgan fingerprint density at radius 2 is 0.618 bits per heavy atom. The van der Waals surface area contributed by atoms with E-state index in [0.717, 1.165) is 11.1 Å². The lowest BCUT2D eigenvalue weighted by molar-refractivity contribution is -0.151. The molecule has 39 heteroatoms. The predicted molar refractivity (Wildman–Crippen MR) is 530 cm³/mol. The number of hydrogen-bond donors (Lipinski definition) is 6. The number of esters is 3. The zero-order valence-electron chi connectivity index (χ0n) is 79.9. The highest BCUT2D eigenvalue weighted by Crippen LogP contribution is 2.52. The van der Waals surface area contributed by atoms with Crippen LogP contribution in [0.5, 0.6) is 17.2 Å². The Morgan fingerprint density at radius 1 is 0.319 bits per heavy atom. The molecule has 6 N–H and O–H groups in total. The van der Waals surface area contributed by atoms with Crippen molar-refractivity contribution in [3.63, 3.8) is 0 Å². The Balaban J connectivity index is 0.000000222. The molecule has 6 atom stereocenters. The summed E-state index contributed by atoms with van der Waals surface area (Å²) in [6.07, 6.45) is -5.06. The fraction of sp³-hybridized carbons (Fsp3) is 0.286. The summed E-state index contributed by atoms with van der Waals surface area (Å²) in [7, 11) is -11.7. The number of hydrogen-bond acceptors (Lipinski definition) is 30. The second kappa shape index (κ2) is 55.9. The van der Waals surface area contributed by atoms with Gasteiger partial charge in [-0.15, -0.1) is 0 Å². The molecule has 0 radical (unpaired) electrons. The third-order valence-corrected chi connectivity index (χ3v) is 26.5. The van der Waals surface area contributed by atoms with Crippen molar-refractivity contribution < 1.29 is 141 Å². The van der Waals surface area contributed by atoms with Gasteiger partial charge in [-0.05, 0) is 84.0 Å². The number of aliphatic carboxylic acids is 3. The minimum atomic E-state index is -3.93. The van der Waals surface area contributed by atoms with Gasteiger partial charge in [-0.2, -0.15) is 0 Å². The van der Waals surface area contributed by atoms with Crippen molar-refractivity contribution in [3.05, 3.63) is 289 Å². The molecule has 0 saturated carbocycles. The lowest BCUT2D eigenvalue weighted by atomic mass is 9.96. The van der Waals surface area contributed by atoms with E-state index in [0.29, 0.717) is 79.2 Å². The van der Waals surface area contributed by atoms with E-state index in [9.17, 15) is 71.2 Å². The Bertz CT molecular complexity index is 6480. The number of Topliss-reactive ketones (excluding diaryl/α,β-unsaturated/α-hetero) is 3. The SMILES string of the molecule is CCOC(=O)[C@@H](C)OP(=O)(CCNC(=O)CCC(=O)c1ccc(-c2oc(CCC(=O)O)nc2-c2ccccc2)cc1)Oc1ccccc1.CCOC(=O)[C@@H](C)OP(=O)(CCNC(=O)CCC(=O)c1cccc(-c2nc(CCC(=O)O)oc2-c2ccccc2)c1)Oc1ccccc1.CCOC(=O)[C@@H](C)OP(=O)(CCNC(=O)CCC(=O)c1ccccc1-c1nc(CCC(=O)O)oc1-c1ccccc1)Oc1ccccc1. The molecule has 0 fully saturated rings. The molecule has 3 amide bonds. The Hall–Kier alpha value is -15.2. The first-order chi connectivity index (χ1) is 69.2. The Labute approximate surface area is 830 Å². The van der Waals surface area contributed by atoms with Gasteiger partial charge in [0.05, 0.1) is 57.6 Å². The topological polar surface area (TPSA) is 514 Å². The number of nitrogens with one attached hydrogen (secondary N) is 3. The van der Waals surface area contributed by atoms with Crippen LogP contribution in [0, 0.1) is 0 Å². The highest BCUT2D eigenvalue weighted by atomic mass is 31.2. The number of aromatic nitrogens is 3. The number of nitrogens with zero attached hydrogens (tertiary/aromatic N) is 3. The van der Waals surface area contributed by atoms with Crippen molar-refractivity contribution in [1.29, 1.82) is 0 Å². The monoisotopic (exact) mass is 2030 g/mol. The lowest BCUT2D eigenvalue weighted by Gasteiger charge is -2.22. The van der Waals surface area contributed by atoms with E-state index in [1.54, 1.807) is 185 Å². The summed E-state index contributed by atoms with van der Waals surface area (Å²) < 4.78 is 107. The van der Waals surface area contributed by atoms with Crippen molar-refractivity contribution in [1.82, 2.24) is 30.9 Å². The van der Waals surface area contributed by atoms with E-state index >= 15 is 0 Å². The number of carboxylic acid groups (broad SMARTS) is 3. The lowest BCUT2D eigenvalue weighted by Crippen LogP contribution is -2.29. The van der Waals surface area contributed by atoms with E-state index in [-0.39, 0.29) is 181 Å².